The van der Waals surface area contributed by atoms with Gasteiger partial charge >= 0.3 is 5.97 Å². The van der Waals surface area contributed by atoms with Crippen LogP contribution in [0.3, 0.4) is 0 Å². The molecule has 0 aromatic heterocycles. The lowest BCUT2D eigenvalue weighted by Crippen LogP contribution is -2.18. The van der Waals surface area contributed by atoms with Crippen molar-refractivity contribution in [1.82, 2.24) is 0 Å². The van der Waals surface area contributed by atoms with Crippen LogP contribution in [0.15, 0.2) is 17.0 Å². The van der Waals surface area contributed by atoms with Crippen LogP contribution in [0.25, 0.3) is 0 Å². The van der Waals surface area contributed by atoms with Gasteiger partial charge in [-0.1, -0.05) is 24.9 Å². The number of rotatable bonds is 6. The minimum atomic E-state index is -0.911. The van der Waals surface area contributed by atoms with Crippen LogP contribution in [0.4, 0.5) is 4.39 Å². The highest BCUT2D eigenvalue weighted by Crippen LogP contribution is 2.35. The lowest BCUT2D eigenvalue weighted by molar-refractivity contribution is -0.140. The zero-order chi connectivity index (χ0) is 15.3. The maximum atomic E-state index is 13.5. The summed E-state index contributed by atoms with van der Waals surface area (Å²) in [4.78, 5) is 23.2. The van der Waals surface area contributed by atoms with Crippen molar-refractivity contribution >= 4 is 46.2 Å². The largest absolute Gasteiger partial charge is 0.468 e. The zero-order valence-electron chi connectivity index (χ0n) is 10.9. The molecule has 0 aliphatic rings. The third kappa shape index (κ3) is 4.36. The molecule has 1 aromatic rings. The third-order valence-electron chi connectivity index (χ3n) is 2.52. The second kappa shape index (κ2) is 7.86. The second-order valence-corrected chi connectivity index (χ2v) is 5.95. The Morgan fingerprint density at radius 3 is 2.60 bits per heavy atom. The first-order valence-corrected chi connectivity index (χ1v) is 7.47. The molecular formula is C13H13Cl2FO3S. The van der Waals surface area contributed by atoms with Gasteiger partial charge in [-0.2, -0.15) is 0 Å². The highest BCUT2D eigenvalue weighted by atomic mass is 35.5. The standard InChI is InChI=1S/C13H13Cl2FO3S/c1-3-4-10(13(18)19-2)20-11-5-7(12(15)17)9(16)6-8(11)14/h5-6,10H,3-4H2,1-2H3. The van der Waals surface area contributed by atoms with E-state index in [1.54, 1.807) is 0 Å². The molecule has 0 saturated carbocycles. The first-order valence-electron chi connectivity index (χ1n) is 5.84. The number of carbonyl (C=O) groups excluding carboxylic acids is 2. The first-order chi connectivity index (χ1) is 9.40. The maximum Gasteiger partial charge on any atom is 0.319 e. The Morgan fingerprint density at radius 1 is 1.45 bits per heavy atom. The molecule has 0 bridgehead atoms. The van der Waals surface area contributed by atoms with E-state index in [-0.39, 0.29) is 10.6 Å². The van der Waals surface area contributed by atoms with Crippen LogP contribution < -0.4 is 0 Å². The summed E-state index contributed by atoms with van der Waals surface area (Å²) in [5.74, 6) is -1.18. The van der Waals surface area contributed by atoms with Crippen LogP contribution in [0.5, 0.6) is 0 Å². The molecule has 1 atom stereocenters. The molecule has 0 spiro atoms. The van der Waals surface area contributed by atoms with Gasteiger partial charge < -0.3 is 4.74 Å². The topological polar surface area (TPSA) is 43.4 Å². The minimum absolute atomic E-state index is 0.124. The van der Waals surface area contributed by atoms with Gasteiger partial charge in [-0.05, 0) is 30.2 Å². The molecule has 1 unspecified atom stereocenters. The van der Waals surface area contributed by atoms with E-state index in [1.165, 1.54) is 13.2 Å². The highest BCUT2D eigenvalue weighted by molar-refractivity contribution is 8.00. The smallest absolute Gasteiger partial charge is 0.319 e. The van der Waals surface area contributed by atoms with Gasteiger partial charge in [0.25, 0.3) is 5.24 Å². The van der Waals surface area contributed by atoms with E-state index in [4.69, 9.17) is 27.9 Å². The van der Waals surface area contributed by atoms with Crippen LogP contribution in [0.2, 0.25) is 5.02 Å². The van der Waals surface area contributed by atoms with Crippen molar-refractivity contribution in [1.29, 1.82) is 0 Å². The number of esters is 1. The number of halogens is 3. The summed E-state index contributed by atoms with van der Waals surface area (Å²) in [6.45, 7) is 1.93. The zero-order valence-corrected chi connectivity index (χ0v) is 13.2. The summed E-state index contributed by atoms with van der Waals surface area (Å²) < 4.78 is 18.2. The maximum absolute atomic E-state index is 13.5. The Labute approximate surface area is 130 Å². The molecule has 0 aliphatic carbocycles. The minimum Gasteiger partial charge on any atom is -0.468 e. The molecule has 0 fully saturated rings. The number of ether oxygens (including phenoxy) is 1. The summed E-state index contributed by atoms with van der Waals surface area (Å²) in [6.07, 6.45) is 1.35. The summed E-state index contributed by atoms with van der Waals surface area (Å²) >= 11 is 12.4. The van der Waals surface area contributed by atoms with Crippen molar-refractivity contribution in [3.63, 3.8) is 0 Å². The van der Waals surface area contributed by atoms with Crippen molar-refractivity contribution in [3.8, 4) is 0 Å². The lowest BCUT2D eigenvalue weighted by Gasteiger charge is -2.14. The van der Waals surface area contributed by atoms with Crippen molar-refractivity contribution in [2.24, 2.45) is 0 Å². The van der Waals surface area contributed by atoms with Crippen molar-refractivity contribution in [2.45, 2.75) is 29.9 Å². The van der Waals surface area contributed by atoms with Gasteiger partial charge in [0.2, 0.25) is 0 Å². The Bertz CT molecular complexity index is 523. The van der Waals surface area contributed by atoms with E-state index < -0.39 is 22.3 Å². The first kappa shape index (κ1) is 17.3. The molecule has 0 amide bonds. The van der Waals surface area contributed by atoms with Gasteiger partial charge in [0, 0.05) is 4.90 Å². The van der Waals surface area contributed by atoms with Crippen LogP contribution in [0, 0.1) is 5.82 Å². The van der Waals surface area contributed by atoms with E-state index >= 15 is 0 Å². The molecule has 20 heavy (non-hydrogen) atoms. The monoisotopic (exact) mass is 338 g/mol. The van der Waals surface area contributed by atoms with Crippen LogP contribution >= 0.6 is 35.0 Å². The quantitative estimate of drug-likeness (QED) is 0.440. The summed E-state index contributed by atoms with van der Waals surface area (Å²) in [5.41, 5.74) is -0.265. The predicted octanol–water partition coefficient (Wildman–Crippen LogP) is 4.29. The van der Waals surface area contributed by atoms with Crippen molar-refractivity contribution < 1.29 is 18.7 Å². The Balaban J connectivity index is 3.09. The molecule has 3 nitrogen and oxygen atoms in total. The molecule has 110 valence electrons. The number of hydrogen-bond acceptors (Lipinski definition) is 4. The summed E-state index contributed by atoms with van der Waals surface area (Å²) in [6, 6.07) is 2.27. The summed E-state index contributed by atoms with van der Waals surface area (Å²) in [7, 11) is 1.30. The van der Waals surface area contributed by atoms with Crippen LogP contribution in [-0.4, -0.2) is 23.6 Å². The Hall–Kier alpha value is -0.780. The molecule has 0 heterocycles. The van der Waals surface area contributed by atoms with Crippen LogP contribution in [0.1, 0.15) is 30.1 Å². The van der Waals surface area contributed by atoms with Gasteiger partial charge in [-0.15, -0.1) is 11.8 Å². The van der Waals surface area contributed by atoms with Gasteiger partial charge in [0.15, 0.2) is 0 Å². The Morgan fingerprint density at radius 2 is 2.10 bits per heavy atom. The fourth-order valence-corrected chi connectivity index (χ4v) is 3.18. The van der Waals surface area contributed by atoms with E-state index in [0.29, 0.717) is 11.3 Å². The van der Waals surface area contributed by atoms with Gasteiger partial charge in [-0.25, -0.2) is 4.39 Å². The van der Waals surface area contributed by atoms with Gasteiger partial charge in [0.05, 0.1) is 17.7 Å². The summed E-state index contributed by atoms with van der Waals surface area (Å²) in [5, 5.41) is -1.25. The molecule has 1 aromatic carbocycles. The van der Waals surface area contributed by atoms with E-state index in [9.17, 15) is 14.0 Å². The number of thioether (sulfide) groups is 1. The van der Waals surface area contributed by atoms with E-state index in [1.807, 2.05) is 6.92 Å². The molecule has 0 saturated heterocycles. The predicted molar refractivity (Wildman–Crippen MR) is 78.2 cm³/mol. The van der Waals surface area contributed by atoms with Gasteiger partial charge in [0.1, 0.15) is 11.1 Å². The average molecular weight is 339 g/mol. The van der Waals surface area contributed by atoms with Crippen molar-refractivity contribution in [3.05, 3.63) is 28.5 Å². The van der Waals surface area contributed by atoms with E-state index in [0.717, 1.165) is 24.2 Å². The molecule has 7 heteroatoms. The van der Waals surface area contributed by atoms with Gasteiger partial charge in [-0.3, -0.25) is 9.59 Å². The van der Waals surface area contributed by atoms with Crippen LogP contribution in [-0.2, 0) is 9.53 Å². The third-order valence-corrected chi connectivity index (χ3v) is 4.45. The highest BCUT2D eigenvalue weighted by Gasteiger charge is 2.22. The fraction of sp³-hybridized carbons (Fsp3) is 0.385. The lowest BCUT2D eigenvalue weighted by atomic mass is 10.2. The second-order valence-electron chi connectivity index (χ2n) is 3.95. The van der Waals surface area contributed by atoms with E-state index in [2.05, 4.69) is 0 Å². The molecular weight excluding hydrogens is 326 g/mol. The van der Waals surface area contributed by atoms with Crippen molar-refractivity contribution in [2.75, 3.05) is 7.11 Å². The number of methoxy groups -OCH3 is 1. The number of hydrogen-bond donors (Lipinski definition) is 0. The number of benzene rings is 1. The normalized spacial score (nSPS) is 12.1. The average Bonchev–Trinajstić information content (AvgIpc) is 2.39. The SMILES string of the molecule is CCCC(Sc1cc(C(=O)Cl)c(F)cc1Cl)C(=O)OC. The molecule has 0 aliphatic heterocycles. The Kier molecular flexibility index (Phi) is 6.79. The molecule has 0 N–H and O–H groups in total. The molecule has 0 radical (unpaired) electrons. The fourth-order valence-electron chi connectivity index (χ4n) is 1.54. The number of carbonyl (C=O) groups is 2. The molecule has 1 rings (SSSR count).